The normalized spacial score (nSPS) is 14.8. The average Bonchev–Trinajstić information content (AvgIpc) is 2.36. The summed E-state index contributed by atoms with van der Waals surface area (Å²) in [7, 11) is 1.98. The summed E-state index contributed by atoms with van der Waals surface area (Å²) in [4.78, 5) is 2.11. The number of rotatable bonds is 7. The Bertz CT molecular complexity index is 373. The molecule has 0 heterocycles. The molecule has 1 atom stereocenters. The van der Waals surface area contributed by atoms with Gasteiger partial charge in [-0.1, -0.05) is 12.1 Å². The molecular weight excluding hydrogens is 231 g/mol. The van der Waals surface area contributed by atoms with E-state index in [-0.39, 0.29) is 11.4 Å². The van der Waals surface area contributed by atoms with Gasteiger partial charge in [0.1, 0.15) is 5.82 Å². The van der Waals surface area contributed by atoms with Crippen molar-refractivity contribution in [3.05, 3.63) is 35.6 Å². The molecule has 0 aliphatic heterocycles. The second kappa shape index (κ2) is 6.83. The van der Waals surface area contributed by atoms with Crippen molar-refractivity contribution in [3.8, 4) is 0 Å². The predicted octanol–water partition coefficient (Wildman–Crippen LogP) is 2.01. The van der Waals surface area contributed by atoms with E-state index in [1.54, 1.807) is 12.1 Å². The zero-order valence-corrected chi connectivity index (χ0v) is 11.4. The van der Waals surface area contributed by atoms with E-state index in [4.69, 9.17) is 10.5 Å². The van der Waals surface area contributed by atoms with Crippen LogP contribution in [0.2, 0.25) is 0 Å². The lowest BCUT2D eigenvalue weighted by Crippen LogP contribution is -2.52. The molecule has 18 heavy (non-hydrogen) atoms. The summed E-state index contributed by atoms with van der Waals surface area (Å²) in [6, 6.07) is 6.64. The molecule has 3 nitrogen and oxygen atoms in total. The first-order valence-electron chi connectivity index (χ1n) is 6.25. The van der Waals surface area contributed by atoms with Gasteiger partial charge in [0, 0.05) is 19.7 Å². The molecule has 0 aromatic heterocycles. The third-order valence-electron chi connectivity index (χ3n) is 3.29. The van der Waals surface area contributed by atoms with E-state index in [0.717, 1.165) is 5.56 Å². The minimum absolute atomic E-state index is 0.208. The Labute approximate surface area is 109 Å². The average molecular weight is 254 g/mol. The molecule has 0 fully saturated rings. The van der Waals surface area contributed by atoms with Gasteiger partial charge in [0.15, 0.2) is 0 Å². The van der Waals surface area contributed by atoms with Crippen LogP contribution in [-0.2, 0) is 11.3 Å². The third kappa shape index (κ3) is 4.05. The zero-order valence-electron chi connectivity index (χ0n) is 11.4. The van der Waals surface area contributed by atoms with Gasteiger partial charge in [-0.05, 0) is 38.6 Å². The summed E-state index contributed by atoms with van der Waals surface area (Å²) in [6.07, 6.45) is 0. The van der Waals surface area contributed by atoms with Crippen LogP contribution in [-0.4, -0.2) is 37.2 Å². The minimum Gasteiger partial charge on any atom is -0.380 e. The number of hydrogen-bond donors (Lipinski definition) is 1. The molecular formula is C14H23FN2O. The highest BCUT2D eigenvalue weighted by molar-refractivity contribution is 5.16. The fourth-order valence-corrected chi connectivity index (χ4v) is 1.75. The standard InChI is InChI=1S/C14H23FN2O/c1-4-18-11-14(2,10-16)17(3)9-12-6-5-7-13(15)8-12/h5-8H,4,9-11,16H2,1-3H3. The molecule has 0 aliphatic rings. The van der Waals surface area contributed by atoms with Gasteiger partial charge in [0.05, 0.1) is 12.1 Å². The van der Waals surface area contributed by atoms with Crippen molar-refractivity contribution >= 4 is 0 Å². The maximum atomic E-state index is 13.1. The molecule has 1 rings (SSSR count). The number of likely N-dealkylation sites (N-methyl/N-ethyl adjacent to an activating group) is 1. The van der Waals surface area contributed by atoms with E-state index in [1.165, 1.54) is 6.07 Å². The Kier molecular flexibility index (Phi) is 5.72. The summed E-state index contributed by atoms with van der Waals surface area (Å²) in [6.45, 7) is 6.41. The van der Waals surface area contributed by atoms with Gasteiger partial charge in [0.25, 0.3) is 0 Å². The molecule has 2 N–H and O–H groups in total. The van der Waals surface area contributed by atoms with Crippen molar-refractivity contribution in [1.82, 2.24) is 4.90 Å². The van der Waals surface area contributed by atoms with Crippen LogP contribution in [0.15, 0.2) is 24.3 Å². The van der Waals surface area contributed by atoms with E-state index in [9.17, 15) is 4.39 Å². The number of nitrogens with two attached hydrogens (primary N) is 1. The lowest BCUT2D eigenvalue weighted by Gasteiger charge is -2.37. The Balaban J connectivity index is 2.69. The summed E-state index contributed by atoms with van der Waals surface area (Å²) in [5.74, 6) is -0.208. The fraction of sp³-hybridized carbons (Fsp3) is 0.571. The number of hydrogen-bond acceptors (Lipinski definition) is 3. The summed E-state index contributed by atoms with van der Waals surface area (Å²) in [5, 5.41) is 0. The van der Waals surface area contributed by atoms with Crippen LogP contribution in [0, 0.1) is 5.82 Å². The third-order valence-corrected chi connectivity index (χ3v) is 3.29. The van der Waals surface area contributed by atoms with E-state index in [0.29, 0.717) is 26.3 Å². The predicted molar refractivity (Wildman–Crippen MR) is 71.8 cm³/mol. The molecule has 0 spiro atoms. The van der Waals surface area contributed by atoms with Crippen LogP contribution >= 0.6 is 0 Å². The van der Waals surface area contributed by atoms with E-state index in [1.807, 2.05) is 20.0 Å². The van der Waals surface area contributed by atoms with Crippen LogP contribution in [0.3, 0.4) is 0 Å². The topological polar surface area (TPSA) is 38.5 Å². The van der Waals surface area contributed by atoms with Crippen molar-refractivity contribution in [2.75, 3.05) is 26.8 Å². The number of nitrogens with zero attached hydrogens (tertiary/aromatic N) is 1. The highest BCUT2D eigenvalue weighted by atomic mass is 19.1. The maximum absolute atomic E-state index is 13.1. The first-order valence-corrected chi connectivity index (χ1v) is 6.25. The molecule has 0 aliphatic carbocycles. The Morgan fingerprint density at radius 1 is 1.44 bits per heavy atom. The SMILES string of the molecule is CCOCC(C)(CN)N(C)Cc1cccc(F)c1. The first-order chi connectivity index (χ1) is 8.51. The largest absolute Gasteiger partial charge is 0.380 e. The molecule has 0 amide bonds. The Morgan fingerprint density at radius 2 is 2.17 bits per heavy atom. The van der Waals surface area contributed by atoms with Crippen molar-refractivity contribution in [1.29, 1.82) is 0 Å². The lowest BCUT2D eigenvalue weighted by molar-refractivity contribution is 0.0201. The van der Waals surface area contributed by atoms with Gasteiger partial charge in [-0.25, -0.2) is 4.39 Å². The van der Waals surface area contributed by atoms with E-state index >= 15 is 0 Å². The van der Waals surface area contributed by atoms with Crippen LogP contribution in [0.1, 0.15) is 19.4 Å². The van der Waals surface area contributed by atoms with Crippen molar-refractivity contribution in [2.24, 2.45) is 5.73 Å². The lowest BCUT2D eigenvalue weighted by atomic mass is 10.0. The molecule has 1 aromatic carbocycles. The molecule has 0 saturated heterocycles. The summed E-state index contributed by atoms with van der Waals surface area (Å²) in [5.41, 5.74) is 6.54. The Hall–Kier alpha value is -0.970. The summed E-state index contributed by atoms with van der Waals surface area (Å²) >= 11 is 0. The van der Waals surface area contributed by atoms with Crippen molar-refractivity contribution < 1.29 is 9.13 Å². The summed E-state index contributed by atoms with van der Waals surface area (Å²) < 4.78 is 18.6. The number of halogens is 1. The molecule has 0 radical (unpaired) electrons. The van der Waals surface area contributed by atoms with Crippen LogP contribution in [0.5, 0.6) is 0 Å². The number of ether oxygens (including phenoxy) is 1. The van der Waals surface area contributed by atoms with E-state index in [2.05, 4.69) is 11.8 Å². The second-order valence-electron chi connectivity index (χ2n) is 4.82. The number of benzene rings is 1. The van der Waals surface area contributed by atoms with E-state index < -0.39 is 0 Å². The van der Waals surface area contributed by atoms with Gasteiger partial charge in [0.2, 0.25) is 0 Å². The maximum Gasteiger partial charge on any atom is 0.123 e. The van der Waals surface area contributed by atoms with Crippen LogP contribution < -0.4 is 5.73 Å². The minimum atomic E-state index is -0.234. The van der Waals surface area contributed by atoms with Crippen molar-refractivity contribution in [3.63, 3.8) is 0 Å². The molecule has 1 unspecified atom stereocenters. The zero-order chi connectivity index (χ0) is 13.6. The smallest absolute Gasteiger partial charge is 0.123 e. The molecule has 102 valence electrons. The molecule has 0 bridgehead atoms. The highest BCUT2D eigenvalue weighted by Gasteiger charge is 2.28. The first kappa shape index (κ1) is 15.1. The Morgan fingerprint density at radius 3 is 2.72 bits per heavy atom. The second-order valence-corrected chi connectivity index (χ2v) is 4.82. The van der Waals surface area contributed by atoms with Crippen LogP contribution in [0.25, 0.3) is 0 Å². The van der Waals surface area contributed by atoms with Gasteiger partial charge in [-0.15, -0.1) is 0 Å². The van der Waals surface area contributed by atoms with Gasteiger partial charge < -0.3 is 10.5 Å². The molecule has 1 aromatic rings. The molecule has 0 saturated carbocycles. The molecule has 4 heteroatoms. The highest BCUT2D eigenvalue weighted by Crippen LogP contribution is 2.16. The van der Waals surface area contributed by atoms with Gasteiger partial charge in [-0.3, -0.25) is 4.90 Å². The monoisotopic (exact) mass is 254 g/mol. The van der Waals surface area contributed by atoms with Gasteiger partial charge >= 0.3 is 0 Å². The van der Waals surface area contributed by atoms with Crippen molar-refractivity contribution in [2.45, 2.75) is 25.9 Å². The fourth-order valence-electron chi connectivity index (χ4n) is 1.75. The quantitative estimate of drug-likeness (QED) is 0.809. The van der Waals surface area contributed by atoms with Crippen LogP contribution in [0.4, 0.5) is 4.39 Å². The van der Waals surface area contributed by atoms with Gasteiger partial charge in [-0.2, -0.15) is 0 Å².